The third-order valence-corrected chi connectivity index (χ3v) is 16.4. The number of hydrogen-bond donors (Lipinski definition) is 4. The molecule has 1 aromatic heterocycles. The van der Waals surface area contributed by atoms with Crippen LogP contribution in [-0.2, 0) is 65.5 Å². The van der Waals surface area contributed by atoms with Gasteiger partial charge in [0.2, 0.25) is 0 Å². The van der Waals surface area contributed by atoms with E-state index in [0.29, 0.717) is 37.4 Å². The lowest BCUT2D eigenvalue weighted by atomic mass is 9.75. The van der Waals surface area contributed by atoms with E-state index in [9.17, 15) is 38.4 Å². The van der Waals surface area contributed by atoms with Crippen molar-refractivity contribution in [2.24, 2.45) is 23.7 Å². The summed E-state index contributed by atoms with van der Waals surface area (Å²) in [5, 5.41) is 55.2. The van der Waals surface area contributed by atoms with Gasteiger partial charge in [-0.2, -0.15) is 0 Å². The average molecular weight is 1010 g/mol. The summed E-state index contributed by atoms with van der Waals surface area (Å²) < 4.78 is 76.2. The summed E-state index contributed by atoms with van der Waals surface area (Å²) >= 11 is 0. The highest BCUT2D eigenvalue weighted by molar-refractivity contribution is 7.90. The third-order valence-electron chi connectivity index (χ3n) is 15.3. The molecule has 4 saturated heterocycles. The Balaban J connectivity index is 1.23. The number of likely N-dealkylation sites (N-methyl/N-ethyl adjacent to an activating group) is 1. The highest BCUT2D eigenvalue weighted by atomic mass is 32.2. The number of aliphatic hydroxyl groups excluding tert-OH is 3. The monoisotopic (exact) mass is 1010 g/mol. The number of esters is 1. The van der Waals surface area contributed by atoms with Crippen LogP contribution in [-0.4, -0.2) is 185 Å². The van der Waals surface area contributed by atoms with Crippen molar-refractivity contribution < 1.29 is 76.3 Å². The standard InChI is InChI=1S/C49H78N4O16S/c1-13-37-49(9,59)42(56)28(3)39(54)32-23-48(8,64-26-32)44(29(4)41(30(5)45(58)67-37)68-38-24-47(7,62-11)43(57)31(6)66-38)69-46-40(55)36(21-27(2)65-46)52(10)18-17-33-25-53(51-50-33)19-20-63-34-15-14-16-35(22-34)70(12,60)61/h14-16,22,25,27-32,36-38,40-44,46,55-57,59H,13,17-21,23-24,26H2,1-12H3/t27-,28+,29+,30-,31+,32+,36+,37-,38+,40-,41+,42-,43+,44-,46+,47-,48-,49-/m1/s1. The van der Waals surface area contributed by atoms with E-state index >= 15 is 0 Å². The van der Waals surface area contributed by atoms with Crippen molar-refractivity contribution in [1.29, 1.82) is 0 Å². The number of nitrogens with zero attached hydrogens (tertiary/aromatic N) is 4. The van der Waals surface area contributed by atoms with Gasteiger partial charge in [0.05, 0.1) is 71.4 Å². The zero-order chi connectivity index (χ0) is 51.7. The van der Waals surface area contributed by atoms with Crippen LogP contribution >= 0.6 is 0 Å². The van der Waals surface area contributed by atoms with Gasteiger partial charge in [0.1, 0.15) is 42.1 Å². The molecule has 4 N–H and O–H groups in total. The fraction of sp³-hybridized carbons (Fsp3) is 0.796. The lowest BCUT2D eigenvalue weighted by Gasteiger charge is -2.49. The van der Waals surface area contributed by atoms with Gasteiger partial charge in [0, 0.05) is 62.7 Å². The SMILES string of the molecule is CC[C@H]1OC(=O)[C@H](C)[C@@H](O[C@H]2C[C@@](C)(OC)[C@@H](O)[C@H](C)O2)[C@H](C)[C@@H](O[C@@H]2O[C@H](C)C[C@H](N(C)CCc3cn(CCOc4cccc(S(C)(=O)=O)c4)nn3)[C@H]2O)[C@@]2(C)C[C@@H](CO2)C(=O)[C@H](C)[C@@H](O)[C@]1(C)O. The maximum absolute atomic E-state index is 14.4. The number of fused-ring (bicyclic) bond motifs is 2. The first-order valence-corrected chi connectivity index (χ1v) is 26.5. The van der Waals surface area contributed by atoms with Gasteiger partial charge in [-0.15, -0.1) is 5.10 Å². The second-order valence-electron chi connectivity index (χ2n) is 20.9. The van der Waals surface area contributed by atoms with Crippen molar-refractivity contribution in [3.05, 3.63) is 36.2 Å². The van der Waals surface area contributed by atoms with E-state index in [1.54, 1.807) is 51.4 Å². The number of aromatic nitrogens is 3. The summed E-state index contributed by atoms with van der Waals surface area (Å²) in [7, 11) is 0.0137. The molecule has 4 aliphatic heterocycles. The quantitative estimate of drug-likeness (QED) is 0.187. The van der Waals surface area contributed by atoms with Crippen LogP contribution in [0.15, 0.2) is 35.4 Å². The number of benzene rings is 1. The molecule has 18 atom stereocenters. The van der Waals surface area contributed by atoms with Crippen molar-refractivity contribution >= 4 is 21.6 Å². The number of rotatable bonds is 15. The first-order valence-electron chi connectivity index (χ1n) is 24.6. The second kappa shape index (κ2) is 22.5. The number of carbonyl (C=O) groups excluding carboxylic acids is 2. The molecule has 0 unspecified atom stereocenters. The molecule has 0 saturated carbocycles. The molecule has 4 fully saturated rings. The molecule has 21 heteroatoms. The van der Waals surface area contributed by atoms with Gasteiger partial charge in [0.25, 0.3) is 0 Å². The Morgan fingerprint density at radius 3 is 2.37 bits per heavy atom. The minimum atomic E-state index is -3.38. The van der Waals surface area contributed by atoms with E-state index in [2.05, 4.69) is 10.3 Å². The summed E-state index contributed by atoms with van der Waals surface area (Å²) in [6.07, 6.45) is -6.04. The fourth-order valence-electron chi connectivity index (χ4n) is 10.8. The Labute approximate surface area is 412 Å². The minimum Gasteiger partial charge on any atom is -0.492 e. The Bertz CT molecular complexity index is 2200. The molecule has 0 radical (unpaired) electrons. The number of aliphatic hydroxyl groups is 4. The van der Waals surface area contributed by atoms with Crippen molar-refractivity contribution in [2.45, 2.75) is 190 Å². The Kier molecular flexibility index (Phi) is 18.0. The topological polar surface area (TPSA) is 257 Å². The lowest BCUT2D eigenvalue weighted by molar-refractivity contribution is -0.317. The van der Waals surface area contributed by atoms with Crippen LogP contribution in [0.4, 0.5) is 0 Å². The van der Waals surface area contributed by atoms with Gasteiger partial charge >= 0.3 is 5.97 Å². The molecule has 2 aromatic rings. The number of ether oxygens (including phenoxy) is 8. The molecular formula is C49H78N4O16S. The summed E-state index contributed by atoms with van der Waals surface area (Å²) in [6.45, 7) is 16.3. The van der Waals surface area contributed by atoms with Crippen LogP contribution in [0.3, 0.4) is 0 Å². The maximum Gasteiger partial charge on any atom is 0.311 e. The number of hydrogen-bond acceptors (Lipinski definition) is 19. The van der Waals surface area contributed by atoms with Crippen molar-refractivity contribution in [3.63, 3.8) is 0 Å². The molecule has 396 valence electrons. The number of sulfone groups is 1. The Morgan fingerprint density at radius 1 is 0.986 bits per heavy atom. The van der Waals surface area contributed by atoms with Gasteiger partial charge in [-0.1, -0.05) is 32.1 Å². The summed E-state index contributed by atoms with van der Waals surface area (Å²) in [4.78, 5) is 30.8. The van der Waals surface area contributed by atoms with Crippen LogP contribution in [0.25, 0.3) is 0 Å². The predicted molar refractivity (Wildman–Crippen MR) is 252 cm³/mol. The number of cyclic esters (lactones) is 1. The largest absolute Gasteiger partial charge is 0.492 e. The molecule has 6 rings (SSSR count). The van der Waals surface area contributed by atoms with Gasteiger partial charge in [-0.05, 0) is 86.1 Å². The zero-order valence-electron chi connectivity index (χ0n) is 42.8. The van der Waals surface area contributed by atoms with Gasteiger partial charge in [-0.3, -0.25) is 9.59 Å². The molecule has 1 aromatic carbocycles. The van der Waals surface area contributed by atoms with Crippen LogP contribution in [0.1, 0.15) is 93.7 Å². The molecular weight excluding hydrogens is 933 g/mol. The lowest BCUT2D eigenvalue weighted by Crippen LogP contribution is -2.61. The molecule has 70 heavy (non-hydrogen) atoms. The fourth-order valence-corrected chi connectivity index (χ4v) is 11.4. The number of carbonyl (C=O) groups is 2. The molecule has 0 spiro atoms. The van der Waals surface area contributed by atoms with Crippen LogP contribution < -0.4 is 4.74 Å². The molecule has 2 bridgehead atoms. The van der Waals surface area contributed by atoms with Crippen molar-refractivity contribution in [2.75, 3.05) is 40.2 Å². The van der Waals surface area contributed by atoms with Crippen molar-refractivity contribution in [3.8, 4) is 5.75 Å². The van der Waals surface area contributed by atoms with Gasteiger partial charge in [0.15, 0.2) is 22.4 Å². The first-order chi connectivity index (χ1) is 32.7. The van der Waals surface area contributed by atoms with E-state index in [-0.39, 0.29) is 49.3 Å². The molecule has 20 nitrogen and oxygen atoms in total. The highest BCUT2D eigenvalue weighted by Crippen LogP contribution is 2.44. The third kappa shape index (κ3) is 12.4. The number of methoxy groups -OCH3 is 1. The molecule has 0 aliphatic carbocycles. The molecule has 0 amide bonds. The maximum atomic E-state index is 14.4. The minimum absolute atomic E-state index is 0.0190. The molecule has 5 heterocycles. The first kappa shape index (κ1) is 56.1. The van der Waals surface area contributed by atoms with E-state index < -0.39 is 118 Å². The summed E-state index contributed by atoms with van der Waals surface area (Å²) in [5.41, 5.74) is -3.60. The number of ketones is 1. The number of Topliss-reactive ketones (excluding diaryl/α,β-unsaturated/α-hetero) is 1. The smallest absolute Gasteiger partial charge is 0.311 e. The second-order valence-corrected chi connectivity index (χ2v) is 22.9. The Morgan fingerprint density at radius 2 is 1.70 bits per heavy atom. The van der Waals surface area contributed by atoms with Gasteiger partial charge in [-0.25, -0.2) is 13.1 Å². The van der Waals surface area contributed by atoms with Crippen LogP contribution in [0, 0.1) is 23.7 Å². The zero-order valence-corrected chi connectivity index (χ0v) is 43.6. The molecule has 4 aliphatic rings. The van der Waals surface area contributed by atoms with Gasteiger partial charge < -0.3 is 63.2 Å². The normalized spacial score (nSPS) is 40.2. The van der Waals surface area contributed by atoms with Crippen molar-refractivity contribution in [1.82, 2.24) is 19.9 Å². The van der Waals surface area contributed by atoms with E-state index in [0.717, 1.165) is 6.26 Å². The van der Waals surface area contributed by atoms with E-state index in [1.807, 2.05) is 38.9 Å². The van der Waals surface area contributed by atoms with E-state index in [1.165, 1.54) is 26.2 Å². The predicted octanol–water partition coefficient (Wildman–Crippen LogP) is 2.49. The summed E-state index contributed by atoms with van der Waals surface area (Å²) in [6, 6.07) is 5.86. The van der Waals surface area contributed by atoms with Crippen LogP contribution in [0.5, 0.6) is 5.75 Å². The van der Waals surface area contributed by atoms with E-state index in [4.69, 9.17) is 37.9 Å². The highest BCUT2D eigenvalue weighted by Gasteiger charge is 2.56. The average Bonchev–Trinajstić information content (AvgIpc) is 3.95. The van der Waals surface area contributed by atoms with Crippen LogP contribution in [0.2, 0.25) is 0 Å². The Hall–Kier alpha value is -3.19. The summed E-state index contributed by atoms with van der Waals surface area (Å²) in [5.74, 6) is -4.23.